The quantitative estimate of drug-likeness (QED) is 0.655. The molecule has 2 heterocycles. The minimum Gasteiger partial charge on any atom is -0.397 e. The summed E-state index contributed by atoms with van der Waals surface area (Å²) >= 11 is 0. The third-order valence-corrected chi connectivity index (χ3v) is 1.56. The summed E-state index contributed by atoms with van der Waals surface area (Å²) < 4.78 is 0. The Labute approximate surface area is 69.4 Å². The average Bonchev–Trinajstić information content (AvgIpc) is 2.58. The Hall–Kier alpha value is -1.84. The molecule has 2 aromatic heterocycles. The van der Waals surface area contributed by atoms with E-state index < -0.39 is 0 Å². The molecule has 0 amide bonds. The van der Waals surface area contributed by atoms with E-state index in [9.17, 15) is 0 Å². The number of hydrogen-bond donors (Lipinski definition) is 2. The monoisotopic (exact) mass is 160 g/mol. The fourth-order valence-electron chi connectivity index (χ4n) is 0.963. The molecule has 0 saturated heterocycles. The largest absolute Gasteiger partial charge is 0.397 e. The molecule has 2 rings (SSSR count). The number of nitrogens with one attached hydrogen (secondary N) is 1. The van der Waals surface area contributed by atoms with Crippen molar-refractivity contribution in [3.05, 3.63) is 30.6 Å². The number of nitrogens with zero attached hydrogens (tertiary/aromatic N) is 2. The number of nitrogens with two attached hydrogens (primary N) is 1. The van der Waals surface area contributed by atoms with Crippen LogP contribution < -0.4 is 5.73 Å². The lowest BCUT2D eigenvalue weighted by Crippen LogP contribution is -1.88. The molecule has 0 radical (unpaired) electrons. The molecule has 12 heavy (non-hydrogen) atoms. The van der Waals surface area contributed by atoms with Crippen molar-refractivity contribution in [3.63, 3.8) is 0 Å². The van der Waals surface area contributed by atoms with Crippen LogP contribution in [0.1, 0.15) is 0 Å². The van der Waals surface area contributed by atoms with Crippen LogP contribution in [-0.2, 0) is 0 Å². The van der Waals surface area contributed by atoms with Crippen LogP contribution in [-0.4, -0.2) is 15.2 Å². The number of pyridine rings is 1. The Bertz CT molecular complexity index is 349. The van der Waals surface area contributed by atoms with Gasteiger partial charge in [0.05, 0.1) is 23.3 Å². The second-order valence-electron chi connectivity index (χ2n) is 2.45. The zero-order valence-electron chi connectivity index (χ0n) is 6.36. The van der Waals surface area contributed by atoms with Crippen molar-refractivity contribution in [2.75, 3.05) is 5.73 Å². The van der Waals surface area contributed by atoms with Gasteiger partial charge >= 0.3 is 0 Å². The van der Waals surface area contributed by atoms with Gasteiger partial charge in [-0.3, -0.25) is 10.1 Å². The lowest BCUT2D eigenvalue weighted by Gasteiger charge is -1.95. The average molecular weight is 160 g/mol. The second kappa shape index (κ2) is 2.65. The van der Waals surface area contributed by atoms with Gasteiger partial charge in [0.2, 0.25) is 0 Å². The summed E-state index contributed by atoms with van der Waals surface area (Å²) in [6.45, 7) is 0. The lowest BCUT2D eigenvalue weighted by molar-refractivity contribution is 1.09. The summed E-state index contributed by atoms with van der Waals surface area (Å²) in [5.74, 6) is 0. The van der Waals surface area contributed by atoms with E-state index in [-0.39, 0.29) is 0 Å². The SMILES string of the molecule is Nc1ccc(-c2ccn[nH]2)nc1. The van der Waals surface area contributed by atoms with E-state index in [1.54, 1.807) is 12.4 Å². The van der Waals surface area contributed by atoms with E-state index in [0.29, 0.717) is 5.69 Å². The Kier molecular flexibility index (Phi) is 1.51. The zero-order chi connectivity index (χ0) is 8.39. The highest BCUT2D eigenvalue weighted by molar-refractivity contribution is 5.55. The van der Waals surface area contributed by atoms with Gasteiger partial charge in [-0.1, -0.05) is 0 Å². The Morgan fingerprint density at radius 3 is 2.75 bits per heavy atom. The number of aromatic nitrogens is 3. The van der Waals surface area contributed by atoms with Gasteiger partial charge in [0.15, 0.2) is 0 Å². The highest BCUT2D eigenvalue weighted by Crippen LogP contribution is 2.13. The molecular formula is C8H8N4. The molecule has 2 aromatic rings. The van der Waals surface area contributed by atoms with Crippen LogP contribution in [0.4, 0.5) is 5.69 Å². The van der Waals surface area contributed by atoms with Gasteiger partial charge < -0.3 is 5.73 Å². The van der Waals surface area contributed by atoms with Gasteiger partial charge in [0.1, 0.15) is 0 Å². The van der Waals surface area contributed by atoms with Crippen molar-refractivity contribution in [1.29, 1.82) is 0 Å². The number of rotatable bonds is 1. The van der Waals surface area contributed by atoms with Crippen LogP contribution in [0.3, 0.4) is 0 Å². The minimum absolute atomic E-state index is 0.665. The van der Waals surface area contributed by atoms with Gasteiger partial charge in [-0.05, 0) is 18.2 Å². The van der Waals surface area contributed by atoms with E-state index in [1.807, 2.05) is 18.2 Å². The van der Waals surface area contributed by atoms with Crippen LogP contribution in [0.25, 0.3) is 11.4 Å². The van der Waals surface area contributed by atoms with E-state index >= 15 is 0 Å². The van der Waals surface area contributed by atoms with E-state index in [4.69, 9.17) is 5.73 Å². The van der Waals surface area contributed by atoms with Crippen LogP contribution in [0.5, 0.6) is 0 Å². The van der Waals surface area contributed by atoms with Crippen molar-refractivity contribution in [2.24, 2.45) is 0 Å². The summed E-state index contributed by atoms with van der Waals surface area (Å²) in [6.07, 6.45) is 3.31. The van der Waals surface area contributed by atoms with Crippen molar-refractivity contribution < 1.29 is 0 Å². The molecule has 4 nitrogen and oxygen atoms in total. The molecule has 0 fully saturated rings. The topological polar surface area (TPSA) is 67.6 Å². The lowest BCUT2D eigenvalue weighted by atomic mass is 10.3. The Morgan fingerprint density at radius 2 is 2.17 bits per heavy atom. The second-order valence-corrected chi connectivity index (χ2v) is 2.45. The molecule has 0 bridgehead atoms. The number of H-pyrrole nitrogens is 1. The number of nitrogen functional groups attached to an aromatic ring is 1. The molecule has 0 atom stereocenters. The fourth-order valence-corrected chi connectivity index (χ4v) is 0.963. The van der Waals surface area contributed by atoms with Crippen LogP contribution in [0.2, 0.25) is 0 Å². The van der Waals surface area contributed by atoms with E-state index in [1.165, 1.54) is 0 Å². The zero-order valence-corrected chi connectivity index (χ0v) is 6.36. The molecular weight excluding hydrogens is 152 g/mol. The Balaban J connectivity index is 2.43. The maximum absolute atomic E-state index is 5.49. The van der Waals surface area contributed by atoms with Crippen molar-refractivity contribution in [2.45, 2.75) is 0 Å². The van der Waals surface area contributed by atoms with Gasteiger partial charge in [0.25, 0.3) is 0 Å². The fraction of sp³-hybridized carbons (Fsp3) is 0. The number of hydrogen-bond acceptors (Lipinski definition) is 3. The van der Waals surface area contributed by atoms with Crippen molar-refractivity contribution >= 4 is 5.69 Å². The smallest absolute Gasteiger partial charge is 0.0881 e. The molecule has 0 aliphatic heterocycles. The first kappa shape index (κ1) is 6.84. The first-order valence-electron chi connectivity index (χ1n) is 3.57. The molecule has 0 aliphatic carbocycles. The number of anilines is 1. The van der Waals surface area contributed by atoms with Gasteiger partial charge in [-0.15, -0.1) is 0 Å². The summed E-state index contributed by atoms with van der Waals surface area (Å²) in [5, 5.41) is 6.64. The third-order valence-electron chi connectivity index (χ3n) is 1.56. The predicted octanol–water partition coefficient (Wildman–Crippen LogP) is 1.05. The third kappa shape index (κ3) is 1.14. The normalized spacial score (nSPS) is 10.0. The maximum atomic E-state index is 5.49. The molecule has 0 aliphatic rings. The highest BCUT2D eigenvalue weighted by Gasteiger charge is 1.97. The summed E-state index contributed by atoms with van der Waals surface area (Å²) in [6, 6.07) is 5.52. The summed E-state index contributed by atoms with van der Waals surface area (Å²) in [5.41, 5.74) is 7.90. The first-order valence-corrected chi connectivity index (χ1v) is 3.57. The van der Waals surface area contributed by atoms with Crippen molar-refractivity contribution in [1.82, 2.24) is 15.2 Å². The van der Waals surface area contributed by atoms with Crippen LogP contribution in [0, 0.1) is 0 Å². The van der Waals surface area contributed by atoms with E-state index in [0.717, 1.165) is 11.4 Å². The van der Waals surface area contributed by atoms with Crippen LogP contribution in [0.15, 0.2) is 30.6 Å². The number of aromatic amines is 1. The predicted molar refractivity (Wildman–Crippen MR) is 46.2 cm³/mol. The standard InChI is InChI=1S/C8H8N4/c9-6-1-2-7(10-5-6)8-3-4-11-12-8/h1-5H,9H2,(H,11,12). The highest BCUT2D eigenvalue weighted by atomic mass is 15.1. The maximum Gasteiger partial charge on any atom is 0.0881 e. The van der Waals surface area contributed by atoms with Gasteiger partial charge in [-0.25, -0.2) is 0 Å². The molecule has 0 aromatic carbocycles. The molecule has 0 spiro atoms. The van der Waals surface area contributed by atoms with Gasteiger partial charge in [0, 0.05) is 6.20 Å². The molecule has 0 saturated carbocycles. The summed E-state index contributed by atoms with van der Waals surface area (Å²) in [4.78, 5) is 4.12. The molecule has 60 valence electrons. The molecule has 3 N–H and O–H groups in total. The van der Waals surface area contributed by atoms with E-state index in [2.05, 4.69) is 15.2 Å². The molecule has 0 unspecified atom stereocenters. The summed E-state index contributed by atoms with van der Waals surface area (Å²) in [7, 11) is 0. The minimum atomic E-state index is 0.665. The Morgan fingerprint density at radius 1 is 1.25 bits per heavy atom. The van der Waals surface area contributed by atoms with Gasteiger partial charge in [-0.2, -0.15) is 5.10 Å². The van der Waals surface area contributed by atoms with Crippen molar-refractivity contribution in [3.8, 4) is 11.4 Å². The first-order chi connectivity index (χ1) is 5.86. The van der Waals surface area contributed by atoms with Crippen LogP contribution >= 0.6 is 0 Å². The molecule has 4 heteroatoms.